The first-order valence-corrected chi connectivity index (χ1v) is 9.94. The molecule has 0 radical (unpaired) electrons. The quantitative estimate of drug-likeness (QED) is 0.796. The molecule has 2 aliphatic rings. The molecule has 1 aromatic carbocycles. The van der Waals surface area contributed by atoms with Crippen molar-refractivity contribution in [1.82, 2.24) is 4.31 Å². The topological polar surface area (TPSA) is 54.5 Å². The minimum atomic E-state index is -3.45. The molecule has 0 N–H and O–H groups in total. The number of hydrogen-bond acceptors (Lipinski definition) is 3. The van der Waals surface area contributed by atoms with Crippen LogP contribution in [0.3, 0.4) is 0 Å². The zero-order chi connectivity index (χ0) is 16.3. The molecule has 3 rings (SSSR count). The van der Waals surface area contributed by atoms with E-state index in [0.717, 1.165) is 36.8 Å². The van der Waals surface area contributed by atoms with E-state index in [1.807, 2.05) is 30.3 Å². The van der Waals surface area contributed by atoms with Crippen LogP contribution in [-0.4, -0.2) is 30.4 Å². The normalized spacial score (nSPS) is 23.6. The highest BCUT2D eigenvalue weighted by molar-refractivity contribution is 7.89. The van der Waals surface area contributed by atoms with E-state index in [-0.39, 0.29) is 24.1 Å². The molecule has 124 valence electrons. The van der Waals surface area contributed by atoms with Crippen LogP contribution in [0.2, 0.25) is 0 Å². The van der Waals surface area contributed by atoms with E-state index in [9.17, 15) is 13.2 Å². The highest BCUT2D eigenvalue weighted by atomic mass is 32.2. The summed E-state index contributed by atoms with van der Waals surface area (Å²) in [6.45, 7) is 0. The maximum atomic E-state index is 12.6. The van der Waals surface area contributed by atoms with Crippen LogP contribution in [-0.2, 0) is 21.2 Å². The Balaban J connectivity index is 1.75. The van der Waals surface area contributed by atoms with E-state index in [0.29, 0.717) is 12.8 Å². The summed E-state index contributed by atoms with van der Waals surface area (Å²) in [5, 5.41) is 0. The van der Waals surface area contributed by atoms with Gasteiger partial charge in [-0.3, -0.25) is 4.79 Å². The summed E-state index contributed by atoms with van der Waals surface area (Å²) in [5.41, 5.74) is 2.17. The number of benzene rings is 1. The van der Waals surface area contributed by atoms with Crippen LogP contribution in [0.15, 0.2) is 42.0 Å². The lowest BCUT2D eigenvalue weighted by Gasteiger charge is -2.24. The third-order valence-electron chi connectivity index (χ3n) is 4.66. The summed E-state index contributed by atoms with van der Waals surface area (Å²) in [5.74, 6) is -0.175. The number of hydrogen-bond donors (Lipinski definition) is 0. The van der Waals surface area contributed by atoms with Crippen LogP contribution >= 0.6 is 0 Å². The lowest BCUT2D eigenvalue weighted by molar-refractivity contribution is -0.126. The van der Waals surface area contributed by atoms with Crippen LogP contribution in [0.25, 0.3) is 0 Å². The number of nitrogens with zero attached hydrogens (tertiary/aromatic N) is 1. The molecule has 1 unspecified atom stereocenters. The molecule has 0 spiro atoms. The number of rotatable bonds is 4. The Labute approximate surface area is 138 Å². The van der Waals surface area contributed by atoms with Gasteiger partial charge in [0.25, 0.3) is 0 Å². The number of allylic oxidation sites excluding steroid dienone is 1. The van der Waals surface area contributed by atoms with Crippen LogP contribution in [0.5, 0.6) is 0 Å². The van der Waals surface area contributed by atoms with E-state index in [2.05, 4.69) is 6.08 Å². The minimum Gasteiger partial charge on any atom is -0.273 e. The highest BCUT2D eigenvalue weighted by Crippen LogP contribution is 2.28. The summed E-state index contributed by atoms with van der Waals surface area (Å²) in [6, 6.07) is 9.55. The third-order valence-corrected chi connectivity index (χ3v) is 6.52. The molecule has 1 fully saturated rings. The van der Waals surface area contributed by atoms with Crippen molar-refractivity contribution in [3.63, 3.8) is 0 Å². The van der Waals surface area contributed by atoms with Crippen LogP contribution in [0.1, 0.15) is 44.1 Å². The molecule has 1 heterocycles. The van der Waals surface area contributed by atoms with Gasteiger partial charge in [0.2, 0.25) is 15.9 Å². The summed E-state index contributed by atoms with van der Waals surface area (Å²) in [7, 11) is -3.45. The minimum absolute atomic E-state index is 0.0787. The van der Waals surface area contributed by atoms with Gasteiger partial charge in [-0.25, -0.2) is 12.7 Å². The zero-order valence-electron chi connectivity index (χ0n) is 13.3. The fourth-order valence-corrected chi connectivity index (χ4v) is 5.27. The third kappa shape index (κ3) is 3.83. The molecular formula is C18H23NO3S. The predicted molar refractivity (Wildman–Crippen MR) is 90.4 cm³/mol. The van der Waals surface area contributed by atoms with Gasteiger partial charge in [0.05, 0.1) is 11.8 Å². The number of carbonyl (C=O) groups is 1. The van der Waals surface area contributed by atoms with Gasteiger partial charge in [-0.15, -0.1) is 0 Å². The SMILES string of the molecule is O=C(CC1=CCCCC1)N1C(Cc2ccccc2)CCS1(=O)=O. The Morgan fingerprint density at radius 3 is 2.65 bits per heavy atom. The number of amides is 1. The van der Waals surface area contributed by atoms with Gasteiger partial charge >= 0.3 is 0 Å². The second kappa shape index (κ2) is 6.87. The van der Waals surface area contributed by atoms with Crippen LogP contribution in [0.4, 0.5) is 0 Å². The monoisotopic (exact) mass is 333 g/mol. The average Bonchev–Trinajstić information content (AvgIpc) is 2.84. The van der Waals surface area contributed by atoms with Gasteiger partial charge < -0.3 is 0 Å². The Morgan fingerprint density at radius 2 is 1.96 bits per heavy atom. The smallest absolute Gasteiger partial charge is 0.240 e. The van der Waals surface area contributed by atoms with Crippen molar-refractivity contribution in [2.45, 2.75) is 51.0 Å². The van der Waals surface area contributed by atoms with Gasteiger partial charge in [-0.1, -0.05) is 42.0 Å². The van der Waals surface area contributed by atoms with E-state index in [4.69, 9.17) is 0 Å². The van der Waals surface area contributed by atoms with Crippen molar-refractivity contribution in [3.8, 4) is 0 Å². The molecule has 0 aromatic heterocycles. The summed E-state index contributed by atoms with van der Waals surface area (Å²) >= 11 is 0. The van der Waals surface area contributed by atoms with E-state index < -0.39 is 10.0 Å². The van der Waals surface area contributed by atoms with Crippen molar-refractivity contribution >= 4 is 15.9 Å². The number of carbonyl (C=O) groups excluding carboxylic acids is 1. The fraction of sp³-hybridized carbons (Fsp3) is 0.500. The molecular weight excluding hydrogens is 310 g/mol. The molecule has 1 aliphatic carbocycles. The van der Waals surface area contributed by atoms with E-state index >= 15 is 0 Å². The standard InChI is InChI=1S/C18H23NO3S/c20-18(14-16-9-5-2-6-10-16)19-17(11-12-23(19,21)22)13-15-7-3-1-4-8-15/h1,3-4,7-9,17H,2,5-6,10-14H2. The van der Waals surface area contributed by atoms with Gasteiger partial charge in [-0.2, -0.15) is 0 Å². The Kier molecular flexibility index (Phi) is 4.85. The Bertz CT molecular complexity index is 694. The Hall–Kier alpha value is -1.62. The van der Waals surface area contributed by atoms with Crippen molar-refractivity contribution in [2.75, 3.05) is 5.75 Å². The molecule has 1 atom stereocenters. The molecule has 1 aliphatic heterocycles. The van der Waals surface area contributed by atoms with Crippen LogP contribution < -0.4 is 0 Å². The molecule has 1 saturated heterocycles. The maximum absolute atomic E-state index is 12.6. The molecule has 5 heteroatoms. The van der Waals surface area contributed by atoms with Gasteiger partial charge in [0, 0.05) is 6.42 Å². The van der Waals surface area contributed by atoms with Gasteiger partial charge in [-0.05, 0) is 44.1 Å². The average molecular weight is 333 g/mol. The van der Waals surface area contributed by atoms with Gasteiger partial charge in [0.1, 0.15) is 0 Å². The van der Waals surface area contributed by atoms with E-state index in [1.54, 1.807) is 0 Å². The first kappa shape index (κ1) is 16.2. The molecule has 4 nitrogen and oxygen atoms in total. The lowest BCUT2D eigenvalue weighted by Crippen LogP contribution is -2.40. The van der Waals surface area contributed by atoms with Crippen molar-refractivity contribution in [1.29, 1.82) is 0 Å². The van der Waals surface area contributed by atoms with E-state index in [1.165, 1.54) is 4.31 Å². The lowest BCUT2D eigenvalue weighted by atomic mass is 9.96. The molecule has 0 bridgehead atoms. The first-order valence-electron chi connectivity index (χ1n) is 8.33. The summed E-state index contributed by atoms with van der Waals surface area (Å²) in [4.78, 5) is 12.6. The maximum Gasteiger partial charge on any atom is 0.240 e. The molecule has 1 aromatic rings. The first-order chi connectivity index (χ1) is 11.1. The zero-order valence-corrected chi connectivity index (χ0v) is 14.1. The van der Waals surface area contributed by atoms with Crippen LogP contribution in [0, 0.1) is 0 Å². The van der Waals surface area contributed by atoms with Crippen molar-refractivity contribution < 1.29 is 13.2 Å². The van der Waals surface area contributed by atoms with Gasteiger partial charge in [0.15, 0.2) is 0 Å². The molecule has 23 heavy (non-hydrogen) atoms. The fourth-order valence-electron chi connectivity index (χ4n) is 3.49. The number of sulfonamides is 1. The summed E-state index contributed by atoms with van der Waals surface area (Å²) < 4.78 is 25.8. The molecule has 0 saturated carbocycles. The van der Waals surface area contributed by atoms with Crippen molar-refractivity contribution in [3.05, 3.63) is 47.5 Å². The molecule has 1 amide bonds. The second-order valence-corrected chi connectivity index (χ2v) is 8.39. The summed E-state index contributed by atoms with van der Waals surface area (Å²) in [6.07, 6.45) is 7.68. The predicted octanol–water partition coefficient (Wildman–Crippen LogP) is 3.05. The largest absolute Gasteiger partial charge is 0.273 e. The second-order valence-electron chi connectivity index (χ2n) is 6.42. The Morgan fingerprint density at radius 1 is 1.17 bits per heavy atom. The highest BCUT2D eigenvalue weighted by Gasteiger charge is 2.40. The van der Waals surface area contributed by atoms with Crippen molar-refractivity contribution in [2.24, 2.45) is 0 Å².